The molecule has 2 aromatic rings. The van der Waals surface area contributed by atoms with Gasteiger partial charge in [-0.1, -0.05) is 72.9 Å². The lowest BCUT2D eigenvalue weighted by molar-refractivity contribution is -0.0373. The van der Waals surface area contributed by atoms with Crippen LogP contribution in [-0.4, -0.2) is 35.6 Å². The molecule has 1 N–H and O–H groups in total. The van der Waals surface area contributed by atoms with Crippen molar-refractivity contribution in [2.24, 2.45) is 5.41 Å². The van der Waals surface area contributed by atoms with Crippen LogP contribution in [0.3, 0.4) is 0 Å². The van der Waals surface area contributed by atoms with Gasteiger partial charge in [0, 0.05) is 11.6 Å². The van der Waals surface area contributed by atoms with Gasteiger partial charge in [0.1, 0.15) is 0 Å². The molecule has 1 aliphatic heterocycles. The monoisotopic (exact) mass is 481 g/mol. The molecule has 0 radical (unpaired) electrons. The van der Waals surface area contributed by atoms with Crippen molar-refractivity contribution in [1.82, 2.24) is 15.1 Å². The predicted octanol–water partition coefficient (Wildman–Crippen LogP) is 7.00. The van der Waals surface area contributed by atoms with Crippen LogP contribution in [0.4, 0.5) is 4.79 Å². The van der Waals surface area contributed by atoms with Gasteiger partial charge in [-0.2, -0.15) is 0 Å². The van der Waals surface area contributed by atoms with Gasteiger partial charge < -0.3 is 10.2 Å². The Balaban J connectivity index is 1.90. The van der Waals surface area contributed by atoms with E-state index in [4.69, 9.17) is 34.8 Å². The highest BCUT2D eigenvalue weighted by Gasteiger charge is 2.42. The minimum atomic E-state index is -0.288. The van der Waals surface area contributed by atoms with E-state index in [1.54, 1.807) is 6.07 Å². The lowest BCUT2D eigenvalue weighted by Gasteiger charge is -2.50. The molecule has 31 heavy (non-hydrogen) atoms. The van der Waals surface area contributed by atoms with Gasteiger partial charge >= 0.3 is 6.03 Å². The van der Waals surface area contributed by atoms with Crippen LogP contribution in [-0.2, 0) is 6.54 Å². The van der Waals surface area contributed by atoms with Crippen LogP contribution in [0.15, 0.2) is 42.5 Å². The molecular weight excluding hydrogens is 453 g/mol. The molecule has 0 aliphatic carbocycles. The molecule has 0 aromatic heterocycles. The third kappa shape index (κ3) is 5.67. The highest BCUT2D eigenvalue weighted by molar-refractivity contribution is 6.42. The zero-order chi connectivity index (χ0) is 22.8. The van der Waals surface area contributed by atoms with Gasteiger partial charge in [-0.25, -0.2) is 4.79 Å². The zero-order valence-electron chi connectivity index (χ0n) is 18.5. The summed E-state index contributed by atoms with van der Waals surface area (Å²) >= 11 is 18.6. The van der Waals surface area contributed by atoms with Crippen molar-refractivity contribution in [3.63, 3.8) is 0 Å². The van der Waals surface area contributed by atoms with Gasteiger partial charge in [0.15, 0.2) is 0 Å². The lowest BCUT2D eigenvalue weighted by Crippen LogP contribution is -2.60. The molecule has 2 atom stereocenters. The molecule has 4 nitrogen and oxygen atoms in total. The number of nitrogens with zero attached hydrogens (tertiary/aromatic N) is 2. The van der Waals surface area contributed by atoms with E-state index in [2.05, 4.69) is 31.1 Å². The summed E-state index contributed by atoms with van der Waals surface area (Å²) < 4.78 is 0. The van der Waals surface area contributed by atoms with Crippen molar-refractivity contribution in [3.8, 4) is 0 Å². The Morgan fingerprint density at radius 3 is 2.52 bits per heavy atom. The number of likely N-dealkylation sites (tertiary alicyclic amines) is 1. The highest BCUT2D eigenvalue weighted by Crippen LogP contribution is 2.37. The van der Waals surface area contributed by atoms with Gasteiger partial charge in [0.05, 0.1) is 22.3 Å². The lowest BCUT2D eigenvalue weighted by atomic mass is 9.80. The summed E-state index contributed by atoms with van der Waals surface area (Å²) in [5, 5.41) is 4.77. The van der Waals surface area contributed by atoms with Crippen LogP contribution >= 0.6 is 34.8 Å². The van der Waals surface area contributed by atoms with E-state index in [9.17, 15) is 4.79 Å². The summed E-state index contributed by atoms with van der Waals surface area (Å²) in [5.41, 5.74) is 1.78. The van der Waals surface area contributed by atoms with E-state index in [1.165, 1.54) is 0 Å². The standard InChI is InChI=1S/C24H30Cl3N3O/c1-16(19-7-5-8-20(26)21(19)27)28-23(31)30(15-17-9-11-18(25)12-10-17)22-24(2,3)13-6-14-29(22)4/h5,7-12,16,22H,6,13-15H2,1-4H3,(H,28,31). The van der Waals surface area contributed by atoms with Crippen LogP contribution in [0.25, 0.3) is 0 Å². The number of hydrogen-bond acceptors (Lipinski definition) is 2. The Labute approximate surface area is 200 Å². The first-order valence-electron chi connectivity index (χ1n) is 10.6. The Morgan fingerprint density at radius 1 is 1.19 bits per heavy atom. The van der Waals surface area contributed by atoms with Crippen molar-refractivity contribution >= 4 is 40.8 Å². The molecule has 0 saturated carbocycles. The molecule has 2 aromatic carbocycles. The van der Waals surface area contributed by atoms with Gasteiger partial charge in [0.2, 0.25) is 0 Å². The van der Waals surface area contributed by atoms with Crippen molar-refractivity contribution in [2.75, 3.05) is 13.6 Å². The second-order valence-electron chi connectivity index (χ2n) is 9.02. The Bertz CT molecular complexity index is 917. The van der Waals surface area contributed by atoms with Crippen LogP contribution in [0.1, 0.15) is 50.8 Å². The summed E-state index contributed by atoms with van der Waals surface area (Å²) in [6, 6.07) is 12.7. The number of carbonyl (C=O) groups is 1. The fourth-order valence-electron chi connectivity index (χ4n) is 4.55. The summed E-state index contributed by atoms with van der Waals surface area (Å²) in [6.45, 7) is 7.82. The summed E-state index contributed by atoms with van der Waals surface area (Å²) in [4.78, 5) is 17.8. The third-order valence-electron chi connectivity index (χ3n) is 6.06. The zero-order valence-corrected chi connectivity index (χ0v) is 20.7. The molecule has 1 saturated heterocycles. The summed E-state index contributed by atoms with van der Waals surface area (Å²) in [5.74, 6) is 0. The SMILES string of the molecule is CC(NC(=O)N(Cc1ccc(Cl)cc1)C1N(C)CCCC1(C)C)c1cccc(Cl)c1Cl. The molecule has 1 heterocycles. The second kappa shape index (κ2) is 9.99. The van der Waals surface area contributed by atoms with Crippen molar-refractivity contribution in [3.05, 3.63) is 68.7 Å². The topological polar surface area (TPSA) is 35.6 Å². The Kier molecular flexibility index (Phi) is 7.80. The van der Waals surface area contributed by atoms with E-state index >= 15 is 0 Å². The van der Waals surface area contributed by atoms with Crippen LogP contribution in [0, 0.1) is 5.41 Å². The fourth-order valence-corrected chi connectivity index (χ4v) is 5.15. The maximum Gasteiger partial charge on any atom is 0.319 e. The number of carbonyl (C=O) groups excluding carboxylic acids is 1. The molecule has 2 amide bonds. The Hall–Kier alpha value is -1.46. The molecular formula is C24H30Cl3N3O. The number of benzene rings is 2. The third-order valence-corrected chi connectivity index (χ3v) is 7.14. The van der Waals surface area contributed by atoms with Gasteiger partial charge in [0.25, 0.3) is 0 Å². The van der Waals surface area contributed by atoms with Crippen molar-refractivity contribution in [2.45, 2.75) is 52.4 Å². The van der Waals surface area contributed by atoms with Gasteiger partial charge in [-0.3, -0.25) is 4.90 Å². The Morgan fingerprint density at radius 2 is 1.87 bits per heavy atom. The highest BCUT2D eigenvalue weighted by atomic mass is 35.5. The van der Waals surface area contributed by atoms with Gasteiger partial charge in [-0.05, 0) is 68.1 Å². The van der Waals surface area contributed by atoms with Crippen molar-refractivity contribution in [1.29, 1.82) is 0 Å². The smallest absolute Gasteiger partial charge is 0.319 e. The number of urea groups is 1. The molecule has 1 aliphatic rings. The maximum absolute atomic E-state index is 13.6. The first-order chi connectivity index (χ1) is 14.6. The average Bonchev–Trinajstić information content (AvgIpc) is 2.70. The van der Waals surface area contributed by atoms with Crippen molar-refractivity contribution < 1.29 is 4.79 Å². The average molecular weight is 483 g/mol. The van der Waals surface area contributed by atoms with E-state index in [1.807, 2.05) is 48.2 Å². The fraction of sp³-hybridized carbons (Fsp3) is 0.458. The van der Waals surface area contributed by atoms with Gasteiger partial charge in [-0.15, -0.1) is 0 Å². The van der Waals surface area contributed by atoms with E-state index in [0.717, 1.165) is 30.5 Å². The number of amides is 2. The molecule has 3 rings (SSSR count). The molecule has 1 fully saturated rings. The minimum Gasteiger partial charge on any atom is -0.331 e. The summed E-state index contributed by atoms with van der Waals surface area (Å²) in [7, 11) is 2.09. The normalized spacial score (nSPS) is 19.6. The molecule has 7 heteroatoms. The number of nitrogens with one attached hydrogen (secondary N) is 1. The molecule has 0 bridgehead atoms. The van der Waals surface area contributed by atoms with E-state index in [-0.39, 0.29) is 23.7 Å². The number of piperidine rings is 1. The first-order valence-corrected chi connectivity index (χ1v) is 11.7. The maximum atomic E-state index is 13.6. The van der Waals surface area contributed by atoms with Crippen LogP contribution in [0.2, 0.25) is 15.1 Å². The minimum absolute atomic E-state index is 0.0426. The predicted molar refractivity (Wildman–Crippen MR) is 130 cm³/mol. The second-order valence-corrected chi connectivity index (χ2v) is 10.2. The largest absolute Gasteiger partial charge is 0.331 e. The number of hydrogen-bond donors (Lipinski definition) is 1. The van der Waals surface area contributed by atoms with E-state index < -0.39 is 0 Å². The first kappa shape index (κ1) is 24.2. The van der Waals surface area contributed by atoms with Crippen LogP contribution < -0.4 is 5.32 Å². The number of halogens is 3. The number of rotatable bonds is 5. The molecule has 0 spiro atoms. The molecule has 2 unspecified atom stereocenters. The van der Waals surface area contributed by atoms with E-state index in [0.29, 0.717) is 21.6 Å². The quantitative estimate of drug-likeness (QED) is 0.498. The summed E-state index contributed by atoms with van der Waals surface area (Å²) in [6.07, 6.45) is 2.13. The van der Waals surface area contributed by atoms with Crippen LogP contribution in [0.5, 0.6) is 0 Å². The molecule has 168 valence electrons.